The predicted octanol–water partition coefficient (Wildman–Crippen LogP) is 3.64. The summed E-state index contributed by atoms with van der Waals surface area (Å²) in [6.07, 6.45) is 1.71. The molecule has 0 bridgehead atoms. The van der Waals surface area contributed by atoms with Gasteiger partial charge in [0.05, 0.1) is 0 Å². The van der Waals surface area contributed by atoms with E-state index in [1.54, 1.807) is 6.07 Å². The number of hydrogen-bond donors (Lipinski definition) is 0. The molecule has 0 amide bonds. The van der Waals surface area contributed by atoms with E-state index in [2.05, 4.69) is 29.2 Å². The minimum atomic E-state index is -0.994. The molecule has 1 unspecified atom stereocenters. The maximum Gasteiger partial charge on any atom is 0.148 e. The summed E-state index contributed by atoms with van der Waals surface area (Å²) in [6, 6.07) is 13.5. The van der Waals surface area contributed by atoms with Crippen LogP contribution in [-0.2, 0) is 17.6 Å². The van der Waals surface area contributed by atoms with Crippen LogP contribution in [0.15, 0.2) is 42.5 Å². The highest BCUT2D eigenvalue weighted by Crippen LogP contribution is 2.53. The van der Waals surface area contributed by atoms with Gasteiger partial charge in [0.15, 0.2) is 0 Å². The summed E-state index contributed by atoms with van der Waals surface area (Å²) in [6.45, 7) is 0.812. The number of hydrogen-bond acceptors (Lipinski definition) is 2. The summed E-state index contributed by atoms with van der Waals surface area (Å²) in [5.74, 6) is -0.0125. The summed E-state index contributed by atoms with van der Waals surface area (Å²) >= 11 is -0.994. The summed E-state index contributed by atoms with van der Waals surface area (Å²) in [5.41, 5.74) is 4.67. The lowest BCUT2D eigenvalue weighted by Gasteiger charge is -2.23. The van der Waals surface area contributed by atoms with E-state index in [0.717, 1.165) is 30.5 Å². The molecule has 0 aromatic heterocycles. The number of halogens is 1. The molecule has 4 rings (SSSR count). The van der Waals surface area contributed by atoms with E-state index in [9.17, 15) is 8.94 Å². The van der Waals surface area contributed by atoms with Gasteiger partial charge in [-0.2, -0.15) is 0 Å². The molecule has 0 radical (unpaired) electrons. The van der Waals surface area contributed by atoms with Crippen molar-refractivity contribution in [3.8, 4) is 0 Å². The van der Waals surface area contributed by atoms with Crippen LogP contribution in [0.1, 0.15) is 39.8 Å². The molecule has 2 nitrogen and oxygen atoms in total. The number of benzene rings is 2. The lowest BCUT2D eigenvalue weighted by atomic mass is 9.87. The van der Waals surface area contributed by atoms with Crippen molar-refractivity contribution in [2.24, 2.45) is 0 Å². The Balaban J connectivity index is 1.85. The highest BCUT2D eigenvalue weighted by Gasteiger charge is 2.50. The Morgan fingerprint density at radius 3 is 2.67 bits per heavy atom. The molecule has 0 saturated carbocycles. The molecule has 4 atom stereocenters. The quantitative estimate of drug-likeness (QED) is 0.778. The van der Waals surface area contributed by atoms with Crippen molar-refractivity contribution in [3.63, 3.8) is 0 Å². The monoisotopic (exact) mass is 343 g/mol. The fourth-order valence-corrected chi connectivity index (χ4v) is 6.62. The van der Waals surface area contributed by atoms with Gasteiger partial charge in [0.1, 0.15) is 16.3 Å². The molecular formula is C20H22FNOS. The van der Waals surface area contributed by atoms with Gasteiger partial charge < -0.3 is 9.45 Å². The zero-order valence-electron chi connectivity index (χ0n) is 14.0. The van der Waals surface area contributed by atoms with Crippen LogP contribution in [0.25, 0.3) is 0 Å². The van der Waals surface area contributed by atoms with Crippen molar-refractivity contribution < 1.29 is 8.94 Å². The van der Waals surface area contributed by atoms with Crippen LogP contribution in [0.5, 0.6) is 0 Å². The van der Waals surface area contributed by atoms with E-state index in [0.29, 0.717) is 0 Å². The normalized spacial score (nSPS) is 28.2. The van der Waals surface area contributed by atoms with Crippen molar-refractivity contribution in [3.05, 3.63) is 70.5 Å². The van der Waals surface area contributed by atoms with Crippen molar-refractivity contribution in [1.82, 2.24) is 4.90 Å². The largest absolute Gasteiger partial charge is 0.616 e. The first-order valence-electron chi connectivity index (χ1n) is 8.45. The smallest absolute Gasteiger partial charge is 0.148 e. The van der Waals surface area contributed by atoms with Crippen LogP contribution < -0.4 is 0 Å². The van der Waals surface area contributed by atoms with Gasteiger partial charge in [-0.1, -0.05) is 30.3 Å². The lowest BCUT2D eigenvalue weighted by Crippen LogP contribution is -2.30. The van der Waals surface area contributed by atoms with E-state index in [1.807, 2.05) is 20.2 Å². The van der Waals surface area contributed by atoms with Crippen LogP contribution in [-0.4, -0.2) is 35.3 Å². The van der Waals surface area contributed by atoms with Gasteiger partial charge in [-0.05, 0) is 60.5 Å². The molecule has 1 fully saturated rings. The first kappa shape index (κ1) is 16.1. The Morgan fingerprint density at radius 1 is 1.12 bits per heavy atom. The Morgan fingerprint density at radius 2 is 1.88 bits per heavy atom. The van der Waals surface area contributed by atoms with Gasteiger partial charge in [0, 0.05) is 24.4 Å². The average molecular weight is 343 g/mol. The van der Waals surface area contributed by atoms with Crippen LogP contribution in [0.2, 0.25) is 0 Å². The third kappa shape index (κ3) is 2.67. The fourth-order valence-electron chi connectivity index (χ4n) is 4.31. The predicted molar refractivity (Wildman–Crippen MR) is 96.2 cm³/mol. The van der Waals surface area contributed by atoms with Gasteiger partial charge in [0.25, 0.3) is 0 Å². The second-order valence-corrected chi connectivity index (χ2v) is 9.03. The second-order valence-electron chi connectivity index (χ2n) is 7.19. The van der Waals surface area contributed by atoms with E-state index in [-0.39, 0.29) is 22.2 Å². The fraction of sp³-hybridized carbons (Fsp3) is 0.400. The highest BCUT2D eigenvalue weighted by molar-refractivity contribution is 7.92. The second kappa shape index (κ2) is 6.17. The molecule has 1 heterocycles. The zero-order chi connectivity index (χ0) is 16.8. The minimum absolute atomic E-state index is 0.0932. The van der Waals surface area contributed by atoms with Crippen molar-refractivity contribution >= 4 is 11.2 Å². The molecule has 1 saturated heterocycles. The molecular weight excluding hydrogens is 321 g/mol. The number of rotatable bonds is 2. The lowest BCUT2D eigenvalue weighted by molar-refractivity contribution is 0.394. The highest BCUT2D eigenvalue weighted by atomic mass is 32.2. The van der Waals surface area contributed by atoms with E-state index < -0.39 is 11.2 Å². The van der Waals surface area contributed by atoms with Crippen molar-refractivity contribution in [2.75, 3.05) is 20.6 Å². The Hall–Kier alpha value is -1.36. The van der Waals surface area contributed by atoms with Gasteiger partial charge in [0.2, 0.25) is 0 Å². The summed E-state index contributed by atoms with van der Waals surface area (Å²) < 4.78 is 27.2. The maximum absolute atomic E-state index is 13.9. The standard InChI is InChI=1S/C20H22FNOS/c1-22(2)12-16-11-19-17-6-4-3-5-13(17)9-14-7-8-15(21)10-18(14)20(19)24(16)23/h3-8,10,16,19-20H,9,11-12H2,1-2H3/t16-,19+,20+,24?/m0/s1. The topological polar surface area (TPSA) is 26.3 Å². The van der Waals surface area contributed by atoms with Crippen LogP contribution in [0.4, 0.5) is 4.39 Å². The zero-order valence-corrected chi connectivity index (χ0v) is 14.9. The minimum Gasteiger partial charge on any atom is -0.616 e. The Labute approximate surface area is 145 Å². The molecule has 0 spiro atoms. The van der Waals surface area contributed by atoms with E-state index in [1.165, 1.54) is 17.2 Å². The number of nitrogens with zero attached hydrogens (tertiary/aromatic N) is 1. The van der Waals surface area contributed by atoms with E-state index >= 15 is 0 Å². The maximum atomic E-state index is 13.9. The molecule has 0 N–H and O–H groups in total. The van der Waals surface area contributed by atoms with Crippen LogP contribution >= 0.6 is 0 Å². The average Bonchev–Trinajstić information content (AvgIpc) is 2.78. The Bertz CT molecular complexity index is 763. The molecule has 4 heteroatoms. The molecule has 1 aliphatic carbocycles. The molecule has 2 aromatic carbocycles. The van der Waals surface area contributed by atoms with Crippen LogP contribution in [0, 0.1) is 5.82 Å². The molecule has 2 aromatic rings. The van der Waals surface area contributed by atoms with Gasteiger partial charge in [-0.25, -0.2) is 4.39 Å². The van der Waals surface area contributed by atoms with Gasteiger partial charge in [-0.3, -0.25) is 0 Å². The summed E-state index contributed by atoms with van der Waals surface area (Å²) in [4.78, 5) is 2.10. The van der Waals surface area contributed by atoms with Gasteiger partial charge in [-0.15, -0.1) is 0 Å². The first-order valence-corrected chi connectivity index (χ1v) is 9.72. The van der Waals surface area contributed by atoms with E-state index in [4.69, 9.17) is 0 Å². The van der Waals surface area contributed by atoms with Crippen molar-refractivity contribution in [2.45, 2.75) is 29.3 Å². The first-order chi connectivity index (χ1) is 11.5. The van der Waals surface area contributed by atoms with Crippen LogP contribution in [0.3, 0.4) is 0 Å². The molecule has 2 aliphatic rings. The SMILES string of the molecule is CN(C)C[C@@H]1C[C@@H]2c3ccccc3Cc3ccc(F)cc3[C@H]2[S+]1[O-]. The third-order valence-corrected chi connectivity index (χ3v) is 7.36. The number of fused-ring (bicyclic) bond motifs is 5. The summed E-state index contributed by atoms with van der Waals surface area (Å²) in [7, 11) is 4.04. The molecule has 24 heavy (non-hydrogen) atoms. The van der Waals surface area contributed by atoms with Gasteiger partial charge >= 0.3 is 0 Å². The van der Waals surface area contributed by atoms with Crippen molar-refractivity contribution in [1.29, 1.82) is 0 Å². The Kier molecular flexibility index (Phi) is 4.15. The molecule has 1 aliphatic heterocycles. The third-order valence-electron chi connectivity index (χ3n) is 5.28. The molecule has 126 valence electrons. The summed E-state index contributed by atoms with van der Waals surface area (Å²) in [5, 5.41) is 0.0431.